The zero-order valence-electron chi connectivity index (χ0n) is 10.6. The first kappa shape index (κ1) is 13.4. The molecule has 1 radical (unpaired) electrons. The van der Waals surface area contributed by atoms with Crippen LogP contribution in [0.25, 0.3) is 0 Å². The zero-order valence-corrected chi connectivity index (χ0v) is 11.3. The molecule has 2 heterocycles. The van der Waals surface area contributed by atoms with E-state index in [2.05, 4.69) is 11.5 Å². The van der Waals surface area contributed by atoms with Crippen LogP contribution >= 0.6 is 11.6 Å². The Labute approximate surface area is 111 Å². The van der Waals surface area contributed by atoms with Crippen LogP contribution in [0.3, 0.4) is 0 Å². The summed E-state index contributed by atoms with van der Waals surface area (Å²) < 4.78 is 1.20. The largest absolute Gasteiger partial charge is 0.389 e. The van der Waals surface area contributed by atoms with Crippen molar-refractivity contribution in [2.75, 3.05) is 18.0 Å². The summed E-state index contributed by atoms with van der Waals surface area (Å²) in [6.45, 7) is 5.02. The molecule has 1 aromatic heterocycles. The van der Waals surface area contributed by atoms with E-state index in [4.69, 9.17) is 11.6 Å². The lowest BCUT2D eigenvalue weighted by atomic mass is 10.1. The lowest BCUT2D eigenvalue weighted by Gasteiger charge is -2.21. The molecule has 0 aliphatic carbocycles. The van der Waals surface area contributed by atoms with Gasteiger partial charge in [-0.2, -0.15) is 5.10 Å². The van der Waals surface area contributed by atoms with Crippen molar-refractivity contribution < 1.29 is 5.11 Å². The molecule has 1 saturated heterocycles. The van der Waals surface area contributed by atoms with Crippen LogP contribution in [-0.2, 0) is 6.54 Å². The fraction of sp³-hybridized carbons (Fsp3) is 0.583. The molecule has 1 fully saturated rings. The van der Waals surface area contributed by atoms with Gasteiger partial charge >= 0.3 is 0 Å². The molecule has 0 aromatic carbocycles. The molecule has 5 nitrogen and oxygen atoms in total. The van der Waals surface area contributed by atoms with Gasteiger partial charge in [0.1, 0.15) is 5.02 Å². The second-order valence-electron chi connectivity index (χ2n) is 5.14. The van der Waals surface area contributed by atoms with Crippen LogP contribution in [0.1, 0.15) is 20.3 Å². The molecule has 1 aliphatic rings. The van der Waals surface area contributed by atoms with Gasteiger partial charge in [0.15, 0.2) is 0 Å². The minimum Gasteiger partial charge on any atom is -0.389 e. The molecule has 0 spiro atoms. The molecule has 99 valence electrons. The molecule has 0 unspecified atom stereocenters. The van der Waals surface area contributed by atoms with Crippen LogP contribution in [0.2, 0.25) is 5.02 Å². The van der Waals surface area contributed by atoms with Crippen molar-refractivity contribution in [1.29, 1.82) is 0 Å². The van der Waals surface area contributed by atoms with Crippen LogP contribution in [0.4, 0.5) is 5.69 Å². The summed E-state index contributed by atoms with van der Waals surface area (Å²) in [6.07, 6.45) is 4.72. The van der Waals surface area contributed by atoms with Gasteiger partial charge in [0.2, 0.25) is 0 Å². The number of anilines is 1. The zero-order chi connectivity index (χ0) is 13.3. The highest BCUT2D eigenvalue weighted by molar-refractivity contribution is 6.33. The second-order valence-corrected chi connectivity index (χ2v) is 5.52. The van der Waals surface area contributed by atoms with Crippen molar-refractivity contribution in [2.24, 2.45) is 0 Å². The lowest BCUT2D eigenvalue weighted by Crippen LogP contribution is -2.35. The first-order valence-corrected chi connectivity index (χ1v) is 6.31. The highest BCUT2D eigenvalue weighted by Crippen LogP contribution is 2.24. The van der Waals surface area contributed by atoms with E-state index in [-0.39, 0.29) is 17.1 Å². The smallest absolute Gasteiger partial charge is 0.287 e. The average molecular weight is 271 g/mol. The van der Waals surface area contributed by atoms with Gasteiger partial charge in [-0.25, -0.2) is 4.68 Å². The van der Waals surface area contributed by atoms with E-state index in [1.165, 1.54) is 4.68 Å². The van der Waals surface area contributed by atoms with Crippen LogP contribution in [-0.4, -0.2) is 33.6 Å². The third-order valence-corrected chi connectivity index (χ3v) is 3.15. The van der Waals surface area contributed by atoms with Crippen LogP contribution < -0.4 is 10.5 Å². The molecule has 1 aromatic rings. The van der Waals surface area contributed by atoms with Crippen LogP contribution in [0.5, 0.6) is 0 Å². The first-order valence-electron chi connectivity index (χ1n) is 5.93. The van der Waals surface area contributed by atoms with Crippen molar-refractivity contribution >= 4 is 17.3 Å². The molecule has 0 atom stereocenters. The Morgan fingerprint density at radius 2 is 2.28 bits per heavy atom. The van der Waals surface area contributed by atoms with Crippen molar-refractivity contribution in [3.8, 4) is 0 Å². The van der Waals surface area contributed by atoms with E-state index in [0.717, 1.165) is 19.5 Å². The highest BCUT2D eigenvalue weighted by atomic mass is 35.5. The van der Waals surface area contributed by atoms with Crippen LogP contribution in [0.15, 0.2) is 11.0 Å². The fourth-order valence-corrected chi connectivity index (χ4v) is 2.23. The number of aliphatic hydroxyl groups is 1. The molecule has 0 amide bonds. The van der Waals surface area contributed by atoms with Gasteiger partial charge in [-0.15, -0.1) is 0 Å². The van der Waals surface area contributed by atoms with Gasteiger partial charge in [0, 0.05) is 13.1 Å². The minimum atomic E-state index is -0.997. The molecule has 0 bridgehead atoms. The Morgan fingerprint density at radius 1 is 1.56 bits per heavy atom. The predicted octanol–water partition coefficient (Wildman–Crippen LogP) is 1.08. The van der Waals surface area contributed by atoms with Gasteiger partial charge in [0.05, 0.1) is 24.0 Å². The molecule has 1 aliphatic heterocycles. The van der Waals surface area contributed by atoms with Crippen molar-refractivity contribution in [3.05, 3.63) is 28.0 Å². The predicted molar refractivity (Wildman–Crippen MR) is 70.9 cm³/mol. The molecular formula is C12H17ClN3O2. The fourth-order valence-electron chi connectivity index (χ4n) is 1.96. The number of halogens is 1. The van der Waals surface area contributed by atoms with Gasteiger partial charge in [-0.1, -0.05) is 11.6 Å². The Kier molecular flexibility index (Phi) is 3.64. The molecule has 18 heavy (non-hydrogen) atoms. The quantitative estimate of drug-likeness (QED) is 0.893. The summed E-state index contributed by atoms with van der Waals surface area (Å²) in [6, 6.07) is 0. The van der Waals surface area contributed by atoms with E-state index >= 15 is 0 Å². The van der Waals surface area contributed by atoms with E-state index in [0.29, 0.717) is 5.69 Å². The van der Waals surface area contributed by atoms with E-state index in [1.54, 1.807) is 20.0 Å². The van der Waals surface area contributed by atoms with Gasteiger partial charge in [-0.3, -0.25) is 4.79 Å². The third-order valence-electron chi connectivity index (χ3n) is 2.80. The molecule has 6 heteroatoms. The maximum absolute atomic E-state index is 12.0. The van der Waals surface area contributed by atoms with Gasteiger partial charge in [-0.05, 0) is 26.7 Å². The maximum atomic E-state index is 12.0. The van der Waals surface area contributed by atoms with Crippen molar-refractivity contribution in [1.82, 2.24) is 9.78 Å². The highest BCUT2D eigenvalue weighted by Gasteiger charge is 2.21. The summed E-state index contributed by atoms with van der Waals surface area (Å²) >= 11 is 6.10. The van der Waals surface area contributed by atoms with Crippen molar-refractivity contribution in [3.63, 3.8) is 0 Å². The summed E-state index contributed by atoms with van der Waals surface area (Å²) in [7, 11) is 0. The number of nitrogens with zero attached hydrogens (tertiary/aromatic N) is 3. The Bertz CT molecular complexity index is 487. The summed E-state index contributed by atoms with van der Waals surface area (Å²) in [4.78, 5) is 14.1. The van der Waals surface area contributed by atoms with Gasteiger partial charge in [0.25, 0.3) is 5.56 Å². The molecule has 2 rings (SSSR count). The van der Waals surface area contributed by atoms with Crippen molar-refractivity contribution in [2.45, 2.75) is 32.4 Å². The number of hydrogen-bond acceptors (Lipinski definition) is 4. The van der Waals surface area contributed by atoms with Crippen LogP contribution in [0, 0.1) is 6.42 Å². The standard InChI is InChI=1S/C12H17ClN3O2/c1-12(2,18)8-16-11(17)10(13)9(7-14-16)15-5-3-4-6-15/h3,7,18H,4-6,8H2,1-2H3. The number of hydrogen-bond donors (Lipinski definition) is 1. The normalized spacial score (nSPS) is 16.3. The summed E-state index contributed by atoms with van der Waals surface area (Å²) in [5.74, 6) is 0. The van der Waals surface area contributed by atoms with E-state index in [1.807, 2.05) is 4.90 Å². The monoisotopic (exact) mass is 270 g/mol. The number of rotatable bonds is 3. The SMILES string of the molecule is CC(C)(O)Cn1ncc(N2C[CH]CC2)c(Cl)c1=O. The Morgan fingerprint density at radius 3 is 2.83 bits per heavy atom. The number of aromatic nitrogens is 2. The van der Waals surface area contributed by atoms with E-state index in [9.17, 15) is 9.90 Å². The molecular weight excluding hydrogens is 254 g/mol. The van der Waals surface area contributed by atoms with Gasteiger partial charge < -0.3 is 10.0 Å². The second kappa shape index (κ2) is 4.90. The molecule has 0 saturated carbocycles. The third kappa shape index (κ3) is 2.84. The first-order chi connectivity index (χ1) is 8.38. The van der Waals surface area contributed by atoms with E-state index < -0.39 is 5.60 Å². The molecule has 1 N–H and O–H groups in total. The lowest BCUT2D eigenvalue weighted by molar-refractivity contribution is 0.0561. The Balaban J connectivity index is 2.32. The Hall–Kier alpha value is -1.07. The topological polar surface area (TPSA) is 58.4 Å². The minimum absolute atomic E-state index is 0.123. The maximum Gasteiger partial charge on any atom is 0.287 e. The summed E-state index contributed by atoms with van der Waals surface area (Å²) in [5.41, 5.74) is -0.686. The average Bonchev–Trinajstić information content (AvgIpc) is 2.76. The summed E-state index contributed by atoms with van der Waals surface area (Å²) in [5, 5.41) is 14.0.